The van der Waals surface area contributed by atoms with Crippen LogP contribution in [0.25, 0.3) is 0 Å². The zero-order valence-corrected chi connectivity index (χ0v) is 24.8. The molecule has 220 valence electrons. The van der Waals surface area contributed by atoms with Crippen molar-refractivity contribution in [3.05, 3.63) is 75.8 Å². The third kappa shape index (κ3) is 6.80. The van der Waals surface area contributed by atoms with Crippen LogP contribution in [0.3, 0.4) is 0 Å². The molecule has 0 bridgehead atoms. The minimum Gasteiger partial charge on any atom is -0.383 e. The van der Waals surface area contributed by atoms with Crippen molar-refractivity contribution >= 4 is 35.2 Å². The van der Waals surface area contributed by atoms with E-state index >= 15 is 0 Å². The molecule has 2 saturated heterocycles. The van der Waals surface area contributed by atoms with Gasteiger partial charge in [0.15, 0.2) is 0 Å². The van der Waals surface area contributed by atoms with Crippen LogP contribution in [0.2, 0.25) is 0 Å². The van der Waals surface area contributed by atoms with Crippen molar-refractivity contribution in [3.8, 4) is 6.07 Å². The lowest BCUT2D eigenvalue weighted by Gasteiger charge is -2.26. The highest BCUT2D eigenvalue weighted by Gasteiger charge is 2.39. The third-order valence-corrected chi connectivity index (χ3v) is 9.44. The molecule has 0 spiro atoms. The lowest BCUT2D eigenvalue weighted by atomic mass is 9.87. The second kappa shape index (κ2) is 13.9. The highest BCUT2D eigenvalue weighted by Crippen LogP contribution is 2.38. The van der Waals surface area contributed by atoms with Crippen molar-refractivity contribution in [1.29, 1.82) is 5.26 Å². The lowest BCUT2D eigenvalue weighted by molar-refractivity contribution is -0.127. The van der Waals surface area contributed by atoms with Gasteiger partial charge in [0.2, 0.25) is 5.91 Å². The minimum absolute atomic E-state index is 0.0270. The summed E-state index contributed by atoms with van der Waals surface area (Å²) in [5, 5.41) is 19.2. The van der Waals surface area contributed by atoms with E-state index in [1.807, 2.05) is 37.3 Å². The topological polar surface area (TPSA) is 118 Å². The summed E-state index contributed by atoms with van der Waals surface area (Å²) in [6.45, 7) is 6.23. The first-order chi connectivity index (χ1) is 20.5. The van der Waals surface area contributed by atoms with Crippen molar-refractivity contribution < 1.29 is 14.4 Å². The summed E-state index contributed by atoms with van der Waals surface area (Å²) >= 11 is 1.25. The van der Waals surface area contributed by atoms with Gasteiger partial charge in [-0.3, -0.25) is 14.4 Å². The van der Waals surface area contributed by atoms with Crippen LogP contribution in [0.4, 0.5) is 5.69 Å². The van der Waals surface area contributed by atoms with Crippen LogP contribution in [0, 0.1) is 11.3 Å². The van der Waals surface area contributed by atoms with Crippen LogP contribution in [-0.2, 0) is 16.0 Å². The summed E-state index contributed by atoms with van der Waals surface area (Å²) in [5.74, 6) is -0.687. The second-order valence-electron chi connectivity index (χ2n) is 10.9. The van der Waals surface area contributed by atoms with Gasteiger partial charge in [-0.25, -0.2) is 0 Å². The number of aryl methyl sites for hydroxylation is 1. The Balaban J connectivity index is 1.18. The molecule has 2 heterocycles. The van der Waals surface area contributed by atoms with E-state index in [1.165, 1.54) is 35.1 Å². The van der Waals surface area contributed by atoms with E-state index in [0.717, 1.165) is 50.1 Å². The van der Waals surface area contributed by atoms with E-state index in [-0.39, 0.29) is 23.4 Å². The molecule has 1 aliphatic carbocycles. The van der Waals surface area contributed by atoms with E-state index in [1.54, 1.807) is 12.1 Å². The Morgan fingerprint density at radius 2 is 1.83 bits per heavy atom. The number of fused-ring (bicyclic) bond motifs is 1. The Labute approximate surface area is 251 Å². The Kier molecular flexibility index (Phi) is 9.82. The number of hydrogen-bond donors (Lipinski definition) is 3. The lowest BCUT2D eigenvalue weighted by Crippen LogP contribution is -2.35. The Bertz CT molecular complexity index is 1380. The van der Waals surface area contributed by atoms with Gasteiger partial charge in [-0.05, 0) is 87.5 Å². The summed E-state index contributed by atoms with van der Waals surface area (Å²) in [7, 11) is 0. The van der Waals surface area contributed by atoms with Gasteiger partial charge in [0, 0.05) is 37.4 Å². The predicted molar refractivity (Wildman–Crippen MR) is 165 cm³/mol. The van der Waals surface area contributed by atoms with Gasteiger partial charge in [-0.2, -0.15) is 5.26 Å². The molecule has 2 aromatic rings. The molecule has 0 radical (unpaired) electrons. The van der Waals surface area contributed by atoms with Crippen molar-refractivity contribution in [1.82, 2.24) is 20.4 Å². The van der Waals surface area contributed by atoms with Gasteiger partial charge in [0.1, 0.15) is 21.9 Å². The number of anilines is 1. The van der Waals surface area contributed by atoms with Crippen LogP contribution in [0.1, 0.15) is 60.1 Å². The molecule has 5 rings (SSSR count). The molecule has 0 saturated carbocycles. The first kappa shape index (κ1) is 29.7. The van der Waals surface area contributed by atoms with E-state index < -0.39 is 11.2 Å². The van der Waals surface area contributed by atoms with Crippen LogP contribution in [0.15, 0.2) is 59.1 Å². The molecule has 2 atom stereocenters. The van der Waals surface area contributed by atoms with Crippen LogP contribution in [0.5, 0.6) is 0 Å². The summed E-state index contributed by atoms with van der Waals surface area (Å²) in [5.41, 5.74) is 3.65. The number of likely N-dealkylation sites (tertiary alicyclic amines) is 1. The van der Waals surface area contributed by atoms with Gasteiger partial charge in [0.25, 0.3) is 11.8 Å². The van der Waals surface area contributed by atoms with E-state index in [9.17, 15) is 19.6 Å². The standard InChI is InChI=1S/C32H38N6O3S/c1-2-38-31(41)28(21-35-24-14-12-23(13-15-24)29(39)34-16-19-37-17-5-6-18-37)42-32(38)26(20-33)30(40)36-27-11-7-9-22-8-3-4-10-25(22)27/h3-4,8,10,12-15,27-28,35H,2,5-7,9,11,16-19,21H2,1H3,(H,34,39)(H,36,40)/b32-26-/t27?,28-/m1/s1. The van der Waals surface area contributed by atoms with Crippen LogP contribution in [-0.4, -0.2) is 72.0 Å². The third-order valence-electron chi connectivity index (χ3n) is 8.14. The summed E-state index contributed by atoms with van der Waals surface area (Å²) in [6.07, 6.45) is 5.21. The first-order valence-corrected chi connectivity index (χ1v) is 15.7. The molecule has 1 unspecified atom stereocenters. The van der Waals surface area contributed by atoms with Gasteiger partial charge in [-0.15, -0.1) is 0 Å². The fraction of sp³-hybridized carbons (Fsp3) is 0.438. The molecule has 2 aromatic carbocycles. The zero-order chi connectivity index (χ0) is 29.5. The molecular formula is C32H38N6O3S. The first-order valence-electron chi connectivity index (χ1n) is 14.8. The number of hydrogen-bond acceptors (Lipinski definition) is 7. The minimum atomic E-state index is -0.486. The highest BCUT2D eigenvalue weighted by molar-refractivity contribution is 8.04. The van der Waals surface area contributed by atoms with Crippen molar-refractivity contribution in [3.63, 3.8) is 0 Å². The van der Waals surface area contributed by atoms with Gasteiger partial charge < -0.3 is 25.8 Å². The largest absolute Gasteiger partial charge is 0.383 e. The number of carbonyl (C=O) groups is 3. The SMILES string of the molecule is CCN1C(=O)[C@@H](CNc2ccc(C(=O)NCCN3CCCC3)cc2)S/C1=C(/C#N)C(=O)NC1CCCc2ccccc21. The number of carbonyl (C=O) groups excluding carboxylic acids is 3. The Morgan fingerprint density at radius 1 is 1.07 bits per heavy atom. The van der Waals surface area contributed by atoms with E-state index in [2.05, 4.69) is 33.0 Å². The average molecular weight is 587 g/mol. The molecule has 10 heteroatoms. The molecule has 3 amide bonds. The van der Waals surface area contributed by atoms with Crippen LogP contribution >= 0.6 is 11.8 Å². The maximum atomic E-state index is 13.3. The molecule has 3 aliphatic rings. The predicted octanol–water partition coefficient (Wildman–Crippen LogP) is 3.82. The van der Waals surface area contributed by atoms with Crippen molar-refractivity contribution in [2.24, 2.45) is 0 Å². The molecule has 42 heavy (non-hydrogen) atoms. The molecule has 2 fully saturated rings. The zero-order valence-electron chi connectivity index (χ0n) is 24.0. The smallest absolute Gasteiger partial charge is 0.265 e. The Morgan fingerprint density at radius 3 is 2.57 bits per heavy atom. The summed E-state index contributed by atoms with van der Waals surface area (Å²) in [6, 6.07) is 17.2. The quantitative estimate of drug-likeness (QED) is 0.286. The number of nitrogens with one attached hydrogen (secondary N) is 3. The molecular weight excluding hydrogens is 548 g/mol. The number of thioether (sulfide) groups is 1. The molecule has 2 aliphatic heterocycles. The van der Waals surface area contributed by atoms with E-state index in [4.69, 9.17) is 0 Å². The van der Waals surface area contributed by atoms with Crippen molar-refractivity contribution in [2.45, 2.75) is 50.3 Å². The molecule has 3 N–H and O–H groups in total. The summed E-state index contributed by atoms with van der Waals surface area (Å²) < 4.78 is 0. The van der Waals surface area contributed by atoms with Gasteiger partial charge in [-0.1, -0.05) is 36.0 Å². The fourth-order valence-corrected chi connectivity index (χ4v) is 7.13. The number of rotatable bonds is 10. The maximum absolute atomic E-state index is 13.3. The Hall–Kier alpha value is -3.81. The second-order valence-corrected chi connectivity index (χ2v) is 12.1. The monoisotopic (exact) mass is 586 g/mol. The maximum Gasteiger partial charge on any atom is 0.265 e. The highest BCUT2D eigenvalue weighted by atomic mass is 32.2. The summed E-state index contributed by atoms with van der Waals surface area (Å²) in [4.78, 5) is 43.0. The fourth-order valence-electron chi connectivity index (χ4n) is 5.86. The number of amides is 3. The number of benzene rings is 2. The normalized spacial score (nSPS) is 21.4. The average Bonchev–Trinajstić information content (AvgIpc) is 3.64. The van der Waals surface area contributed by atoms with Gasteiger partial charge >= 0.3 is 0 Å². The number of nitriles is 1. The van der Waals surface area contributed by atoms with Crippen LogP contribution < -0.4 is 16.0 Å². The molecule has 0 aromatic heterocycles. The van der Waals surface area contributed by atoms with Crippen molar-refractivity contribution in [2.75, 3.05) is 44.6 Å². The molecule has 9 nitrogen and oxygen atoms in total. The van der Waals surface area contributed by atoms with Gasteiger partial charge in [0.05, 0.1) is 6.04 Å². The number of nitrogens with zero attached hydrogens (tertiary/aromatic N) is 3. The van der Waals surface area contributed by atoms with E-state index in [0.29, 0.717) is 30.2 Å².